The van der Waals surface area contributed by atoms with Crippen LogP contribution in [0.4, 0.5) is 0 Å². The fourth-order valence-corrected chi connectivity index (χ4v) is 4.52. The van der Waals surface area contributed by atoms with Crippen LogP contribution in [0.3, 0.4) is 0 Å². The van der Waals surface area contributed by atoms with Crippen molar-refractivity contribution >= 4 is 23.2 Å². The molecule has 1 aromatic rings. The predicted octanol–water partition coefficient (Wildman–Crippen LogP) is 1.99. The maximum absolute atomic E-state index is 12.7. The van der Waals surface area contributed by atoms with E-state index in [1.807, 2.05) is 9.80 Å². The Bertz CT molecular complexity index is 571. The van der Waals surface area contributed by atoms with Crippen LogP contribution in [0.2, 0.25) is 0 Å². The average molecular weight is 322 g/mol. The molecule has 0 bridgehead atoms. The molecule has 0 aromatic carbocycles. The Morgan fingerprint density at radius 2 is 2.23 bits per heavy atom. The Kier molecular flexibility index (Phi) is 4.49. The average Bonchev–Trinajstić information content (AvgIpc) is 3.14. The molecule has 1 amide bonds. The van der Waals surface area contributed by atoms with Crippen LogP contribution in [0.5, 0.6) is 0 Å². The standard InChI is InChI=1S/C16H22N2O3S/c1-2-13-12-5-8-22-14(12)4-7-18(13)15(19)10-17-6-3-11(9-17)16(20)21/h5,8,11,13H,2-4,6-7,9-10H2,1H3,(H,20,21). The number of likely N-dealkylation sites (tertiary alicyclic amines) is 1. The number of thiophene rings is 1. The summed E-state index contributed by atoms with van der Waals surface area (Å²) < 4.78 is 0. The van der Waals surface area contributed by atoms with Gasteiger partial charge in [0.15, 0.2) is 0 Å². The van der Waals surface area contributed by atoms with Gasteiger partial charge in [-0.25, -0.2) is 0 Å². The highest BCUT2D eigenvalue weighted by Gasteiger charge is 2.33. The Morgan fingerprint density at radius 3 is 2.91 bits per heavy atom. The number of fused-ring (bicyclic) bond motifs is 1. The smallest absolute Gasteiger partial charge is 0.307 e. The third kappa shape index (κ3) is 2.90. The summed E-state index contributed by atoms with van der Waals surface area (Å²) in [5, 5.41) is 11.2. The molecule has 0 radical (unpaired) electrons. The topological polar surface area (TPSA) is 60.9 Å². The first-order chi connectivity index (χ1) is 10.6. The van der Waals surface area contributed by atoms with Gasteiger partial charge in [0.05, 0.1) is 18.5 Å². The van der Waals surface area contributed by atoms with Gasteiger partial charge in [-0.05, 0) is 42.8 Å². The van der Waals surface area contributed by atoms with E-state index in [0.717, 1.165) is 19.4 Å². The maximum Gasteiger partial charge on any atom is 0.307 e. The molecule has 2 aliphatic heterocycles. The number of carbonyl (C=O) groups is 2. The van der Waals surface area contributed by atoms with Crippen molar-refractivity contribution in [3.05, 3.63) is 21.9 Å². The molecule has 1 saturated heterocycles. The second-order valence-electron chi connectivity index (χ2n) is 6.12. The highest BCUT2D eigenvalue weighted by molar-refractivity contribution is 7.10. The van der Waals surface area contributed by atoms with E-state index in [4.69, 9.17) is 5.11 Å². The zero-order valence-corrected chi connectivity index (χ0v) is 13.6. The highest BCUT2D eigenvalue weighted by atomic mass is 32.1. The van der Waals surface area contributed by atoms with Gasteiger partial charge in [-0.3, -0.25) is 14.5 Å². The van der Waals surface area contributed by atoms with Crippen molar-refractivity contribution in [2.75, 3.05) is 26.2 Å². The molecule has 6 heteroatoms. The zero-order chi connectivity index (χ0) is 15.7. The first-order valence-electron chi connectivity index (χ1n) is 7.91. The molecular weight excluding hydrogens is 300 g/mol. The van der Waals surface area contributed by atoms with Crippen LogP contribution >= 0.6 is 11.3 Å². The molecule has 3 rings (SSSR count). The molecule has 0 spiro atoms. The summed E-state index contributed by atoms with van der Waals surface area (Å²) in [6.45, 7) is 4.45. The lowest BCUT2D eigenvalue weighted by Crippen LogP contribution is -2.44. The lowest BCUT2D eigenvalue weighted by molar-refractivity contribution is -0.142. The first kappa shape index (κ1) is 15.5. The Balaban J connectivity index is 1.64. The van der Waals surface area contributed by atoms with E-state index in [1.54, 1.807) is 11.3 Å². The van der Waals surface area contributed by atoms with Crippen molar-refractivity contribution < 1.29 is 14.7 Å². The number of carboxylic acid groups (broad SMARTS) is 1. The van der Waals surface area contributed by atoms with E-state index in [0.29, 0.717) is 26.1 Å². The molecule has 1 aromatic heterocycles. The fourth-order valence-electron chi connectivity index (χ4n) is 3.60. The number of hydrogen-bond acceptors (Lipinski definition) is 4. The van der Waals surface area contributed by atoms with E-state index in [9.17, 15) is 9.59 Å². The first-order valence-corrected chi connectivity index (χ1v) is 8.79. The van der Waals surface area contributed by atoms with E-state index in [2.05, 4.69) is 18.4 Å². The van der Waals surface area contributed by atoms with E-state index in [1.165, 1.54) is 10.4 Å². The predicted molar refractivity (Wildman–Crippen MR) is 85.0 cm³/mol. The number of nitrogens with zero attached hydrogens (tertiary/aromatic N) is 2. The van der Waals surface area contributed by atoms with E-state index < -0.39 is 5.97 Å². The highest BCUT2D eigenvalue weighted by Crippen LogP contribution is 2.35. The Morgan fingerprint density at radius 1 is 1.41 bits per heavy atom. The van der Waals surface area contributed by atoms with E-state index in [-0.39, 0.29) is 17.9 Å². The zero-order valence-electron chi connectivity index (χ0n) is 12.8. The molecular formula is C16H22N2O3S. The van der Waals surface area contributed by atoms with Crippen LogP contribution in [-0.4, -0.2) is 53.0 Å². The number of amides is 1. The number of rotatable bonds is 4. The van der Waals surface area contributed by atoms with Crippen LogP contribution < -0.4 is 0 Å². The van der Waals surface area contributed by atoms with Crippen molar-refractivity contribution in [2.24, 2.45) is 5.92 Å². The van der Waals surface area contributed by atoms with Gasteiger partial charge in [0.2, 0.25) is 5.91 Å². The monoisotopic (exact) mass is 322 g/mol. The van der Waals surface area contributed by atoms with Gasteiger partial charge in [-0.1, -0.05) is 6.92 Å². The SMILES string of the molecule is CCC1c2ccsc2CCN1C(=O)CN1CCC(C(=O)O)C1. The quantitative estimate of drug-likeness (QED) is 0.921. The van der Waals surface area contributed by atoms with Crippen molar-refractivity contribution in [1.29, 1.82) is 0 Å². The molecule has 5 nitrogen and oxygen atoms in total. The molecule has 3 heterocycles. The van der Waals surface area contributed by atoms with Crippen LogP contribution in [0.25, 0.3) is 0 Å². The number of hydrogen-bond donors (Lipinski definition) is 1. The number of carbonyl (C=O) groups excluding carboxylic acids is 1. The lowest BCUT2D eigenvalue weighted by atomic mass is 9.97. The summed E-state index contributed by atoms with van der Waals surface area (Å²) in [5.74, 6) is -0.934. The van der Waals surface area contributed by atoms with Gasteiger partial charge in [0.25, 0.3) is 0 Å². The summed E-state index contributed by atoms with van der Waals surface area (Å²) in [5.41, 5.74) is 1.30. The normalized spacial score (nSPS) is 25.2. The number of aliphatic carboxylic acids is 1. The molecule has 22 heavy (non-hydrogen) atoms. The summed E-state index contributed by atoms with van der Waals surface area (Å²) in [4.78, 5) is 29.1. The molecule has 1 fully saturated rings. The third-order valence-electron chi connectivity index (χ3n) is 4.78. The van der Waals surface area contributed by atoms with Crippen molar-refractivity contribution in [1.82, 2.24) is 9.80 Å². The summed E-state index contributed by atoms with van der Waals surface area (Å²) in [7, 11) is 0. The summed E-state index contributed by atoms with van der Waals surface area (Å²) in [6.07, 6.45) is 2.51. The van der Waals surface area contributed by atoms with Crippen molar-refractivity contribution in [3.63, 3.8) is 0 Å². The second kappa shape index (κ2) is 6.38. The second-order valence-corrected chi connectivity index (χ2v) is 7.12. The largest absolute Gasteiger partial charge is 0.481 e. The molecule has 0 saturated carbocycles. The lowest BCUT2D eigenvalue weighted by Gasteiger charge is -2.36. The number of carboxylic acids is 1. The van der Waals surface area contributed by atoms with Gasteiger partial charge in [0, 0.05) is 18.0 Å². The summed E-state index contributed by atoms with van der Waals surface area (Å²) in [6, 6.07) is 2.32. The molecule has 0 aliphatic carbocycles. The van der Waals surface area contributed by atoms with Gasteiger partial charge in [-0.15, -0.1) is 11.3 Å². The van der Waals surface area contributed by atoms with Crippen molar-refractivity contribution in [2.45, 2.75) is 32.2 Å². The summed E-state index contributed by atoms with van der Waals surface area (Å²) >= 11 is 1.78. The van der Waals surface area contributed by atoms with Crippen LogP contribution in [0.1, 0.15) is 36.2 Å². The minimum atomic E-state index is -0.748. The van der Waals surface area contributed by atoms with Crippen molar-refractivity contribution in [3.8, 4) is 0 Å². The van der Waals surface area contributed by atoms with Gasteiger partial charge < -0.3 is 10.0 Å². The Hall–Kier alpha value is -1.40. The third-order valence-corrected chi connectivity index (χ3v) is 5.78. The maximum atomic E-state index is 12.7. The molecule has 2 aliphatic rings. The molecule has 120 valence electrons. The van der Waals surface area contributed by atoms with Crippen LogP contribution in [0.15, 0.2) is 11.4 Å². The van der Waals surface area contributed by atoms with Gasteiger partial charge in [-0.2, -0.15) is 0 Å². The Labute approximate surface area is 134 Å². The van der Waals surface area contributed by atoms with Crippen LogP contribution in [-0.2, 0) is 16.0 Å². The van der Waals surface area contributed by atoms with Gasteiger partial charge in [0.1, 0.15) is 0 Å². The minimum Gasteiger partial charge on any atom is -0.481 e. The van der Waals surface area contributed by atoms with Gasteiger partial charge >= 0.3 is 5.97 Å². The van der Waals surface area contributed by atoms with E-state index >= 15 is 0 Å². The minimum absolute atomic E-state index is 0.134. The molecule has 2 unspecified atom stereocenters. The molecule has 2 atom stereocenters. The molecule has 1 N–H and O–H groups in total. The fraction of sp³-hybridized carbons (Fsp3) is 0.625. The van der Waals surface area contributed by atoms with Crippen LogP contribution in [0, 0.1) is 5.92 Å².